The average Bonchev–Trinajstić information content (AvgIpc) is 3.16. The lowest BCUT2D eigenvalue weighted by Gasteiger charge is -2.58. The average molecular weight is 558 g/mol. The zero-order valence-electron chi connectivity index (χ0n) is 23.1. The van der Waals surface area contributed by atoms with Crippen molar-refractivity contribution >= 4 is 40.8 Å². The molecule has 0 saturated heterocycles. The Morgan fingerprint density at radius 2 is 1.78 bits per heavy atom. The molecule has 0 heterocycles. The molecule has 4 aliphatic carbocycles. The highest BCUT2D eigenvalue weighted by molar-refractivity contribution is 6.59. The molecule has 204 valence electrons. The van der Waals surface area contributed by atoms with E-state index in [1.807, 2.05) is 0 Å². The highest BCUT2D eigenvalue weighted by Gasteiger charge is 2.59. The first-order valence-corrected chi connectivity index (χ1v) is 15.7. The predicted octanol–water partition coefficient (Wildman–Crippen LogP) is 10.2. The van der Waals surface area contributed by atoms with Gasteiger partial charge in [0, 0.05) is 6.42 Å². The summed E-state index contributed by atoms with van der Waals surface area (Å²) in [5.41, 5.74) is 2.30. The standard InChI is InChI=1S/C31H47Cl3O2/c1-19(2)7-6-8-20(3)24-11-12-25-23-10-9-21-17-22(36-28(35)18-27(32)29(33)34)13-15-30(21,4)26(23)14-16-31(24,25)5/h9,19-20,22-26H,6-8,10-18H2,1-5H3/t20-,22+,23?,24-,25?,26?,30+,31-/m1/s1. The van der Waals surface area contributed by atoms with Gasteiger partial charge in [0.2, 0.25) is 0 Å². The molecule has 0 aromatic heterocycles. The Bertz CT molecular complexity index is 875. The van der Waals surface area contributed by atoms with Crippen LogP contribution in [0.2, 0.25) is 0 Å². The van der Waals surface area contributed by atoms with Crippen molar-refractivity contribution in [3.05, 3.63) is 21.2 Å². The normalized spacial score (nSPS) is 38.5. The van der Waals surface area contributed by atoms with E-state index in [1.54, 1.807) is 0 Å². The molecule has 0 aromatic carbocycles. The Morgan fingerprint density at radius 3 is 2.47 bits per heavy atom. The first kappa shape index (κ1) is 28.8. The molecule has 8 atom stereocenters. The van der Waals surface area contributed by atoms with Gasteiger partial charge in [-0.1, -0.05) is 100 Å². The van der Waals surface area contributed by atoms with Crippen LogP contribution in [0.4, 0.5) is 0 Å². The molecule has 3 saturated carbocycles. The Kier molecular flexibility index (Phi) is 9.22. The summed E-state index contributed by atoms with van der Waals surface area (Å²) >= 11 is 17.4. The van der Waals surface area contributed by atoms with Crippen LogP contribution in [0.5, 0.6) is 0 Å². The van der Waals surface area contributed by atoms with Crippen LogP contribution in [-0.2, 0) is 9.53 Å². The van der Waals surface area contributed by atoms with Crippen molar-refractivity contribution < 1.29 is 9.53 Å². The summed E-state index contributed by atoms with van der Waals surface area (Å²) in [5, 5.41) is 0.151. The molecule has 0 amide bonds. The zero-order valence-corrected chi connectivity index (χ0v) is 25.3. The van der Waals surface area contributed by atoms with Crippen LogP contribution in [0.15, 0.2) is 21.2 Å². The fourth-order valence-corrected chi connectivity index (χ4v) is 9.42. The number of fused-ring (bicyclic) bond motifs is 5. The minimum absolute atomic E-state index is 0.0568. The Morgan fingerprint density at radius 1 is 1.03 bits per heavy atom. The summed E-state index contributed by atoms with van der Waals surface area (Å²) < 4.78 is 5.74. The van der Waals surface area contributed by atoms with E-state index in [2.05, 4.69) is 40.7 Å². The van der Waals surface area contributed by atoms with Crippen LogP contribution in [0.3, 0.4) is 0 Å². The van der Waals surface area contributed by atoms with Gasteiger partial charge in [0.05, 0.1) is 11.5 Å². The molecule has 5 heteroatoms. The van der Waals surface area contributed by atoms with Crippen LogP contribution in [0.1, 0.15) is 112 Å². The Balaban J connectivity index is 1.41. The van der Waals surface area contributed by atoms with Gasteiger partial charge in [0.15, 0.2) is 0 Å². The van der Waals surface area contributed by atoms with E-state index in [0.717, 1.165) is 54.8 Å². The van der Waals surface area contributed by atoms with Crippen LogP contribution in [0.25, 0.3) is 0 Å². The Labute approximate surface area is 234 Å². The number of hydrogen-bond donors (Lipinski definition) is 0. The van der Waals surface area contributed by atoms with E-state index in [4.69, 9.17) is 39.5 Å². The van der Waals surface area contributed by atoms with Crippen molar-refractivity contribution in [1.29, 1.82) is 0 Å². The summed E-state index contributed by atoms with van der Waals surface area (Å²) in [6.07, 6.45) is 16.3. The topological polar surface area (TPSA) is 26.3 Å². The first-order valence-electron chi connectivity index (χ1n) is 14.5. The molecule has 4 aliphatic rings. The predicted molar refractivity (Wildman–Crippen MR) is 152 cm³/mol. The molecule has 3 fully saturated rings. The number of carbonyl (C=O) groups is 1. The summed E-state index contributed by atoms with van der Waals surface area (Å²) in [4.78, 5) is 12.4. The number of rotatable bonds is 8. The van der Waals surface area contributed by atoms with E-state index in [-0.39, 0.29) is 33.4 Å². The number of carbonyl (C=O) groups excluding carboxylic acids is 1. The largest absolute Gasteiger partial charge is 0.462 e. The van der Waals surface area contributed by atoms with Gasteiger partial charge in [-0.15, -0.1) is 0 Å². The lowest BCUT2D eigenvalue weighted by Crippen LogP contribution is -2.51. The van der Waals surface area contributed by atoms with Gasteiger partial charge in [0.25, 0.3) is 0 Å². The van der Waals surface area contributed by atoms with Crippen molar-refractivity contribution in [3.8, 4) is 0 Å². The van der Waals surface area contributed by atoms with Gasteiger partial charge in [0.1, 0.15) is 10.6 Å². The third-order valence-corrected chi connectivity index (χ3v) is 12.0. The molecule has 0 aliphatic heterocycles. The summed E-state index contributed by atoms with van der Waals surface area (Å²) in [5.74, 6) is 4.69. The lowest BCUT2D eigenvalue weighted by atomic mass is 9.47. The third-order valence-electron chi connectivity index (χ3n) is 11.1. The smallest absolute Gasteiger partial charge is 0.311 e. The molecule has 0 aromatic rings. The Hall–Kier alpha value is -0.180. The van der Waals surface area contributed by atoms with Crippen molar-refractivity contribution in [2.45, 2.75) is 118 Å². The third kappa shape index (κ3) is 5.72. The highest BCUT2D eigenvalue weighted by atomic mass is 35.5. The van der Waals surface area contributed by atoms with Crippen molar-refractivity contribution in [2.24, 2.45) is 46.3 Å². The molecule has 0 spiro atoms. The molecule has 36 heavy (non-hydrogen) atoms. The maximum absolute atomic E-state index is 12.4. The van der Waals surface area contributed by atoms with E-state index in [9.17, 15) is 4.79 Å². The number of halogens is 3. The second-order valence-electron chi connectivity index (χ2n) is 13.5. The number of allylic oxidation sites excluding steroid dienone is 1. The summed E-state index contributed by atoms with van der Waals surface area (Å²) in [6.45, 7) is 12.4. The minimum atomic E-state index is -0.338. The minimum Gasteiger partial charge on any atom is -0.462 e. The molecule has 3 unspecified atom stereocenters. The van der Waals surface area contributed by atoms with Gasteiger partial charge in [-0.05, 0) is 91.3 Å². The lowest BCUT2D eigenvalue weighted by molar-refractivity contribution is -0.150. The summed E-state index contributed by atoms with van der Waals surface area (Å²) in [6, 6.07) is 0. The molecule has 0 radical (unpaired) electrons. The van der Waals surface area contributed by atoms with Crippen molar-refractivity contribution in [2.75, 3.05) is 0 Å². The number of ether oxygens (including phenoxy) is 1. The monoisotopic (exact) mass is 556 g/mol. The van der Waals surface area contributed by atoms with E-state index >= 15 is 0 Å². The molecular weight excluding hydrogens is 511 g/mol. The molecule has 2 nitrogen and oxygen atoms in total. The number of esters is 1. The van der Waals surface area contributed by atoms with Crippen molar-refractivity contribution in [1.82, 2.24) is 0 Å². The fraction of sp³-hybridized carbons (Fsp3) is 0.839. The molecule has 4 rings (SSSR count). The molecule has 0 bridgehead atoms. The number of hydrogen-bond acceptors (Lipinski definition) is 2. The van der Waals surface area contributed by atoms with E-state index < -0.39 is 0 Å². The van der Waals surface area contributed by atoms with E-state index in [1.165, 1.54) is 56.9 Å². The van der Waals surface area contributed by atoms with Crippen LogP contribution in [-0.4, -0.2) is 12.1 Å². The van der Waals surface area contributed by atoms with Gasteiger partial charge in [-0.25, -0.2) is 0 Å². The van der Waals surface area contributed by atoms with Gasteiger partial charge >= 0.3 is 5.97 Å². The van der Waals surface area contributed by atoms with Gasteiger partial charge in [-0.2, -0.15) is 0 Å². The van der Waals surface area contributed by atoms with Gasteiger partial charge in [-0.3, -0.25) is 4.79 Å². The van der Waals surface area contributed by atoms with Crippen LogP contribution in [0, 0.1) is 46.3 Å². The van der Waals surface area contributed by atoms with Gasteiger partial charge < -0.3 is 4.74 Å². The SMILES string of the molecule is CC(C)CCC[C@@H](C)[C@H]1CCC2C3CC=C4C[C@@H](OC(=O)CC(Cl)=C(Cl)Cl)CC[C@]4(C)C3CC[C@@]21C. The van der Waals surface area contributed by atoms with Crippen molar-refractivity contribution in [3.63, 3.8) is 0 Å². The van der Waals surface area contributed by atoms with Crippen LogP contribution >= 0.6 is 34.8 Å². The quantitative estimate of drug-likeness (QED) is 0.219. The fourth-order valence-electron chi connectivity index (χ4n) is 9.17. The molecular formula is C31H47Cl3O2. The second kappa shape index (κ2) is 11.5. The zero-order chi connectivity index (χ0) is 26.3. The summed E-state index contributed by atoms with van der Waals surface area (Å²) in [7, 11) is 0. The highest BCUT2D eigenvalue weighted by Crippen LogP contribution is 2.67. The first-order chi connectivity index (χ1) is 17.0. The maximum atomic E-state index is 12.4. The van der Waals surface area contributed by atoms with E-state index in [0.29, 0.717) is 5.41 Å². The second-order valence-corrected chi connectivity index (χ2v) is 14.9. The maximum Gasteiger partial charge on any atom is 0.311 e. The molecule has 0 N–H and O–H groups in total. The van der Waals surface area contributed by atoms with Crippen LogP contribution < -0.4 is 0 Å².